The molecule has 1 aliphatic rings. The maximum absolute atomic E-state index is 12.2. The van der Waals surface area contributed by atoms with E-state index in [1.165, 1.54) is 11.8 Å². The molecular weight excluding hydrogens is 403 g/mol. The minimum absolute atomic E-state index is 0.254. The lowest BCUT2D eigenvalue weighted by Gasteiger charge is -2.05. The van der Waals surface area contributed by atoms with E-state index in [9.17, 15) is 4.79 Å². The number of benzene rings is 2. The van der Waals surface area contributed by atoms with Gasteiger partial charge < -0.3 is 10.1 Å². The Labute approximate surface area is 163 Å². The maximum atomic E-state index is 12.2. The summed E-state index contributed by atoms with van der Waals surface area (Å²) in [7, 11) is 1.54. The number of halogens is 3. The summed E-state index contributed by atoms with van der Waals surface area (Å²) >= 11 is 19.2. The number of nitrogens with one attached hydrogen (secondary N) is 1. The number of thioether (sulfide) groups is 1. The van der Waals surface area contributed by atoms with Crippen LogP contribution in [0.4, 0.5) is 5.69 Å². The first-order valence-corrected chi connectivity index (χ1v) is 8.99. The van der Waals surface area contributed by atoms with Crippen LogP contribution in [-0.4, -0.2) is 18.2 Å². The molecule has 0 unspecified atom stereocenters. The van der Waals surface area contributed by atoms with Crippen molar-refractivity contribution in [3.8, 4) is 5.75 Å². The summed E-state index contributed by atoms with van der Waals surface area (Å²) < 4.78 is 5.25. The summed E-state index contributed by atoms with van der Waals surface area (Å²) in [6, 6.07) is 10.2. The summed E-state index contributed by atoms with van der Waals surface area (Å²) in [6.45, 7) is 0. The molecule has 0 radical (unpaired) electrons. The van der Waals surface area contributed by atoms with Gasteiger partial charge in [0.05, 0.1) is 12.0 Å². The quantitative estimate of drug-likeness (QED) is 0.671. The zero-order valence-electron chi connectivity index (χ0n) is 12.8. The minimum Gasteiger partial charge on any atom is -0.494 e. The number of carbonyl (C=O) groups excluding carboxylic acids is 1. The molecule has 0 aliphatic carbocycles. The highest BCUT2D eigenvalue weighted by atomic mass is 35.5. The van der Waals surface area contributed by atoms with Crippen molar-refractivity contribution in [2.75, 3.05) is 7.11 Å². The van der Waals surface area contributed by atoms with Gasteiger partial charge in [-0.15, -0.1) is 0 Å². The number of ether oxygens (including phenoxy) is 1. The van der Waals surface area contributed by atoms with Crippen molar-refractivity contribution in [2.24, 2.45) is 4.99 Å². The first-order chi connectivity index (χ1) is 12.0. The fraction of sp³-hybridized carbons (Fsp3) is 0.0588. The van der Waals surface area contributed by atoms with Crippen molar-refractivity contribution in [1.29, 1.82) is 0 Å². The highest BCUT2D eigenvalue weighted by Gasteiger charge is 2.24. The molecule has 0 atom stereocenters. The molecule has 0 bridgehead atoms. The molecule has 3 rings (SSSR count). The molecule has 1 N–H and O–H groups in total. The summed E-state index contributed by atoms with van der Waals surface area (Å²) in [4.78, 5) is 17.1. The molecule has 1 saturated heterocycles. The van der Waals surface area contributed by atoms with Gasteiger partial charge in [0.15, 0.2) is 5.17 Å². The molecule has 1 aliphatic heterocycles. The van der Waals surface area contributed by atoms with E-state index < -0.39 is 0 Å². The molecular formula is C17H11Cl3N2O2S. The van der Waals surface area contributed by atoms with Gasteiger partial charge in [-0.25, -0.2) is 4.99 Å². The van der Waals surface area contributed by atoms with Crippen LogP contribution in [0.25, 0.3) is 6.08 Å². The second-order valence-corrected chi connectivity index (χ2v) is 7.27. The Bertz CT molecular complexity index is 913. The highest BCUT2D eigenvalue weighted by molar-refractivity contribution is 8.18. The molecule has 0 saturated carbocycles. The van der Waals surface area contributed by atoms with Gasteiger partial charge in [0.2, 0.25) is 0 Å². The molecule has 1 amide bonds. The predicted molar refractivity (Wildman–Crippen MR) is 105 cm³/mol. The highest BCUT2D eigenvalue weighted by Crippen LogP contribution is 2.34. The number of rotatable bonds is 3. The third-order valence-corrected chi connectivity index (χ3v) is 4.97. The standard InChI is InChI=1S/C17H11Cl3N2O2S/c1-24-14-5-4-11(19)8-13(14)21-17-22-16(23)15(25-17)6-9-2-3-10(18)7-12(9)20/h2-8H,1H3,(H,21,22,23)/b15-6-. The Balaban J connectivity index is 1.90. The average molecular weight is 414 g/mol. The third kappa shape index (κ3) is 4.30. The molecule has 1 fully saturated rings. The van der Waals surface area contributed by atoms with Crippen LogP contribution in [0.5, 0.6) is 5.75 Å². The van der Waals surface area contributed by atoms with Crippen molar-refractivity contribution in [2.45, 2.75) is 0 Å². The topological polar surface area (TPSA) is 50.7 Å². The second-order valence-electron chi connectivity index (χ2n) is 4.96. The monoisotopic (exact) mass is 412 g/mol. The predicted octanol–water partition coefficient (Wildman–Crippen LogP) is 5.55. The van der Waals surface area contributed by atoms with Crippen LogP contribution in [0.15, 0.2) is 46.3 Å². The maximum Gasteiger partial charge on any atom is 0.264 e. The van der Waals surface area contributed by atoms with Gasteiger partial charge in [0.25, 0.3) is 5.91 Å². The van der Waals surface area contributed by atoms with E-state index in [0.29, 0.717) is 42.1 Å². The average Bonchev–Trinajstić information content (AvgIpc) is 2.90. The van der Waals surface area contributed by atoms with E-state index in [0.717, 1.165) is 0 Å². The van der Waals surface area contributed by atoms with E-state index in [1.807, 2.05) is 0 Å². The Morgan fingerprint density at radius 3 is 2.56 bits per heavy atom. The number of aliphatic imine (C=N–C) groups is 1. The molecule has 128 valence electrons. The Hall–Kier alpha value is -1.66. The van der Waals surface area contributed by atoms with E-state index in [1.54, 1.807) is 49.6 Å². The van der Waals surface area contributed by atoms with Crippen molar-refractivity contribution >= 4 is 69.4 Å². The van der Waals surface area contributed by atoms with Crippen molar-refractivity contribution < 1.29 is 9.53 Å². The number of carbonyl (C=O) groups is 1. The minimum atomic E-state index is -0.254. The number of hydrogen-bond acceptors (Lipinski definition) is 4. The van der Waals surface area contributed by atoms with Gasteiger partial charge in [-0.2, -0.15) is 0 Å². The normalized spacial score (nSPS) is 17.2. The van der Waals surface area contributed by atoms with Gasteiger partial charge in [-0.3, -0.25) is 4.79 Å². The number of amidine groups is 1. The van der Waals surface area contributed by atoms with Crippen LogP contribution >= 0.6 is 46.6 Å². The zero-order valence-corrected chi connectivity index (χ0v) is 15.9. The van der Waals surface area contributed by atoms with Gasteiger partial charge in [-0.1, -0.05) is 40.9 Å². The fourth-order valence-electron chi connectivity index (χ4n) is 2.10. The summed E-state index contributed by atoms with van der Waals surface area (Å²) in [5.74, 6) is 0.306. The van der Waals surface area contributed by atoms with Crippen molar-refractivity contribution in [3.05, 3.63) is 61.9 Å². The Morgan fingerprint density at radius 1 is 1.12 bits per heavy atom. The van der Waals surface area contributed by atoms with E-state index in [4.69, 9.17) is 39.5 Å². The number of nitrogens with zero attached hydrogens (tertiary/aromatic N) is 1. The molecule has 1 heterocycles. The molecule has 2 aromatic rings. The van der Waals surface area contributed by atoms with E-state index >= 15 is 0 Å². The number of amides is 1. The Kier molecular flexibility index (Phi) is 5.59. The van der Waals surface area contributed by atoms with E-state index in [2.05, 4.69) is 10.3 Å². The Morgan fingerprint density at radius 2 is 1.84 bits per heavy atom. The lowest BCUT2D eigenvalue weighted by atomic mass is 10.2. The van der Waals surface area contributed by atoms with E-state index in [-0.39, 0.29) is 5.91 Å². The summed E-state index contributed by atoms with van der Waals surface area (Å²) in [5.41, 5.74) is 1.23. The van der Waals surface area contributed by atoms with Crippen LogP contribution < -0.4 is 10.1 Å². The van der Waals surface area contributed by atoms with Gasteiger partial charge in [-0.05, 0) is 53.7 Å². The number of hydrogen-bond donors (Lipinski definition) is 1. The van der Waals surface area contributed by atoms with Crippen LogP contribution in [0.3, 0.4) is 0 Å². The molecule has 25 heavy (non-hydrogen) atoms. The fourth-order valence-corrected chi connectivity index (χ4v) is 3.56. The third-order valence-electron chi connectivity index (χ3n) is 3.26. The molecule has 0 spiro atoms. The van der Waals surface area contributed by atoms with Gasteiger partial charge >= 0.3 is 0 Å². The first-order valence-electron chi connectivity index (χ1n) is 7.04. The van der Waals surface area contributed by atoms with Crippen LogP contribution in [0, 0.1) is 0 Å². The zero-order chi connectivity index (χ0) is 18.0. The molecule has 0 aromatic heterocycles. The van der Waals surface area contributed by atoms with Crippen LogP contribution in [0.1, 0.15) is 5.56 Å². The molecule has 8 heteroatoms. The summed E-state index contributed by atoms with van der Waals surface area (Å²) in [5, 5.41) is 4.67. The molecule has 2 aromatic carbocycles. The largest absolute Gasteiger partial charge is 0.494 e. The lowest BCUT2D eigenvalue weighted by molar-refractivity contribution is -0.115. The molecule has 4 nitrogen and oxygen atoms in total. The smallest absolute Gasteiger partial charge is 0.264 e. The SMILES string of the molecule is COc1ccc(Cl)cc1N=C1NC(=O)/C(=C/c2ccc(Cl)cc2Cl)S1. The summed E-state index contributed by atoms with van der Waals surface area (Å²) in [6.07, 6.45) is 1.69. The lowest BCUT2D eigenvalue weighted by Crippen LogP contribution is -2.19. The van der Waals surface area contributed by atoms with Crippen LogP contribution in [-0.2, 0) is 4.79 Å². The van der Waals surface area contributed by atoms with Crippen LogP contribution in [0.2, 0.25) is 15.1 Å². The number of methoxy groups -OCH3 is 1. The first kappa shape index (κ1) is 18.1. The van der Waals surface area contributed by atoms with Gasteiger partial charge in [0, 0.05) is 15.1 Å². The van der Waals surface area contributed by atoms with Crippen molar-refractivity contribution in [1.82, 2.24) is 5.32 Å². The van der Waals surface area contributed by atoms with Crippen molar-refractivity contribution in [3.63, 3.8) is 0 Å². The second kappa shape index (κ2) is 7.70. The van der Waals surface area contributed by atoms with Gasteiger partial charge in [0.1, 0.15) is 11.4 Å².